The van der Waals surface area contributed by atoms with Gasteiger partial charge in [0.25, 0.3) is 0 Å². The van der Waals surface area contributed by atoms with Crippen LogP contribution in [0.2, 0.25) is 0 Å². The minimum absolute atomic E-state index is 0.112. The first-order valence-corrected chi connectivity index (χ1v) is 5.61. The van der Waals surface area contributed by atoms with Crippen LogP contribution in [-0.4, -0.2) is 18.1 Å². The van der Waals surface area contributed by atoms with Crippen molar-refractivity contribution in [1.29, 1.82) is 0 Å². The van der Waals surface area contributed by atoms with Crippen LogP contribution >= 0.6 is 0 Å². The van der Waals surface area contributed by atoms with Gasteiger partial charge in [-0.25, -0.2) is 9.18 Å². The summed E-state index contributed by atoms with van der Waals surface area (Å²) in [5.74, 6) is -1.44. The van der Waals surface area contributed by atoms with Gasteiger partial charge in [-0.3, -0.25) is 0 Å². The number of carboxylic acids is 1. The fourth-order valence-corrected chi connectivity index (χ4v) is 1.83. The Morgan fingerprint density at radius 1 is 1.26 bits per heavy atom. The fraction of sp³-hybridized carbons (Fsp3) is 0.0714. The summed E-state index contributed by atoms with van der Waals surface area (Å²) in [6, 6.07) is 10.4. The Kier molecular flexibility index (Phi) is 3.37. The first-order valence-electron chi connectivity index (χ1n) is 5.61. The van der Waals surface area contributed by atoms with E-state index in [4.69, 9.17) is 10.8 Å². The minimum atomic E-state index is -1.06. The predicted octanol–water partition coefficient (Wildman–Crippen LogP) is 2.87. The van der Waals surface area contributed by atoms with E-state index in [9.17, 15) is 9.18 Å². The van der Waals surface area contributed by atoms with Crippen molar-refractivity contribution in [3.05, 3.63) is 53.8 Å². The summed E-state index contributed by atoms with van der Waals surface area (Å²) < 4.78 is 13.2. The van der Waals surface area contributed by atoms with Crippen LogP contribution in [0.4, 0.5) is 21.5 Å². The van der Waals surface area contributed by atoms with Crippen molar-refractivity contribution in [2.75, 3.05) is 17.7 Å². The van der Waals surface area contributed by atoms with E-state index in [1.165, 1.54) is 24.3 Å². The van der Waals surface area contributed by atoms with Gasteiger partial charge in [0.2, 0.25) is 0 Å². The highest BCUT2D eigenvalue weighted by Crippen LogP contribution is 2.29. The second-order valence-electron chi connectivity index (χ2n) is 4.12. The molecule has 0 bridgehead atoms. The van der Waals surface area contributed by atoms with Gasteiger partial charge >= 0.3 is 5.97 Å². The smallest absolute Gasteiger partial charge is 0.337 e. The molecule has 4 nitrogen and oxygen atoms in total. The topological polar surface area (TPSA) is 66.6 Å². The molecule has 19 heavy (non-hydrogen) atoms. The van der Waals surface area contributed by atoms with E-state index in [0.717, 1.165) is 0 Å². The number of nitrogens with zero attached hydrogens (tertiary/aromatic N) is 1. The molecule has 98 valence electrons. The van der Waals surface area contributed by atoms with E-state index < -0.39 is 5.97 Å². The molecule has 0 saturated carbocycles. The maximum atomic E-state index is 13.2. The summed E-state index contributed by atoms with van der Waals surface area (Å²) >= 11 is 0. The summed E-state index contributed by atoms with van der Waals surface area (Å²) in [4.78, 5) is 12.8. The number of nitrogen functional groups attached to an aromatic ring is 1. The molecule has 2 aromatic carbocycles. The molecule has 0 radical (unpaired) electrons. The van der Waals surface area contributed by atoms with E-state index >= 15 is 0 Å². The van der Waals surface area contributed by atoms with Crippen molar-refractivity contribution < 1.29 is 14.3 Å². The molecule has 2 rings (SSSR count). The maximum Gasteiger partial charge on any atom is 0.337 e. The van der Waals surface area contributed by atoms with Crippen LogP contribution in [-0.2, 0) is 0 Å². The average Bonchev–Trinajstić information content (AvgIpc) is 2.37. The van der Waals surface area contributed by atoms with Crippen molar-refractivity contribution in [3.63, 3.8) is 0 Å². The van der Waals surface area contributed by atoms with Crippen LogP contribution in [0.15, 0.2) is 42.5 Å². The van der Waals surface area contributed by atoms with Gasteiger partial charge in [-0.05, 0) is 36.4 Å². The summed E-state index contributed by atoms with van der Waals surface area (Å²) in [7, 11) is 1.66. The van der Waals surface area contributed by atoms with E-state index in [1.807, 2.05) is 0 Å². The SMILES string of the molecule is CN(c1cccc(F)c1)c1cc(N)ccc1C(=O)O. The van der Waals surface area contributed by atoms with E-state index in [1.54, 1.807) is 30.1 Å². The standard InChI is InChI=1S/C14H13FN2O2/c1-17(11-4-2-3-9(15)7-11)13-8-10(16)5-6-12(13)14(18)19/h2-8H,16H2,1H3,(H,18,19). The number of rotatable bonds is 3. The van der Waals surface area contributed by atoms with Crippen molar-refractivity contribution in [3.8, 4) is 0 Å². The molecular formula is C14H13FN2O2. The van der Waals surface area contributed by atoms with Gasteiger partial charge in [-0.1, -0.05) is 6.07 Å². The molecule has 3 N–H and O–H groups in total. The molecule has 0 atom stereocenters. The largest absolute Gasteiger partial charge is 0.478 e. The number of aromatic carboxylic acids is 1. The first kappa shape index (κ1) is 12.9. The van der Waals surface area contributed by atoms with E-state index in [-0.39, 0.29) is 11.4 Å². The molecule has 0 fully saturated rings. The van der Waals surface area contributed by atoms with Crippen molar-refractivity contribution >= 4 is 23.0 Å². The highest BCUT2D eigenvalue weighted by molar-refractivity contribution is 5.96. The van der Waals surface area contributed by atoms with Gasteiger partial charge in [0.1, 0.15) is 5.82 Å². The lowest BCUT2D eigenvalue weighted by Gasteiger charge is -2.21. The first-order chi connectivity index (χ1) is 8.99. The van der Waals surface area contributed by atoms with Crippen LogP contribution in [0.1, 0.15) is 10.4 Å². The molecule has 5 heteroatoms. The van der Waals surface area contributed by atoms with E-state index in [2.05, 4.69) is 0 Å². The number of carbonyl (C=O) groups is 1. The Hall–Kier alpha value is -2.56. The molecular weight excluding hydrogens is 247 g/mol. The number of hydrogen-bond acceptors (Lipinski definition) is 3. The van der Waals surface area contributed by atoms with Gasteiger partial charge in [0.05, 0.1) is 11.3 Å². The minimum Gasteiger partial charge on any atom is -0.478 e. The lowest BCUT2D eigenvalue weighted by atomic mass is 10.1. The van der Waals surface area contributed by atoms with Crippen LogP contribution in [0, 0.1) is 5.82 Å². The zero-order valence-corrected chi connectivity index (χ0v) is 10.3. The summed E-state index contributed by atoms with van der Waals surface area (Å²) in [5.41, 5.74) is 7.20. The second kappa shape index (κ2) is 4.97. The Balaban J connectivity index is 2.51. The maximum absolute atomic E-state index is 13.2. The lowest BCUT2D eigenvalue weighted by Crippen LogP contribution is -2.14. The normalized spacial score (nSPS) is 10.2. The van der Waals surface area contributed by atoms with Crippen LogP contribution < -0.4 is 10.6 Å². The predicted molar refractivity (Wildman–Crippen MR) is 72.3 cm³/mol. The molecule has 2 aromatic rings. The quantitative estimate of drug-likeness (QED) is 0.833. The van der Waals surface area contributed by atoms with Gasteiger partial charge in [-0.2, -0.15) is 0 Å². The number of nitrogens with two attached hydrogens (primary N) is 1. The number of benzene rings is 2. The molecule has 0 aliphatic rings. The van der Waals surface area contributed by atoms with Crippen LogP contribution in [0.25, 0.3) is 0 Å². The Labute approximate surface area is 109 Å². The van der Waals surface area contributed by atoms with Crippen molar-refractivity contribution in [1.82, 2.24) is 0 Å². The molecule has 0 saturated heterocycles. The summed E-state index contributed by atoms with van der Waals surface area (Å²) in [6.07, 6.45) is 0. The van der Waals surface area contributed by atoms with Gasteiger partial charge in [-0.15, -0.1) is 0 Å². The molecule has 0 aromatic heterocycles. The number of anilines is 3. The second-order valence-corrected chi connectivity index (χ2v) is 4.12. The Morgan fingerprint density at radius 2 is 2.00 bits per heavy atom. The van der Waals surface area contributed by atoms with Crippen LogP contribution in [0.3, 0.4) is 0 Å². The Bertz CT molecular complexity index is 629. The number of halogens is 1. The zero-order chi connectivity index (χ0) is 14.0. The number of carboxylic acid groups (broad SMARTS) is 1. The fourth-order valence-electron chi connectivity index (χ4n) is 1.83. The third-order valence-corrected chi connectivity index (χ3v) is 2.81. The van der Waals surface area contributed by atoms with Gasteiger partial charge < -0.3 is 15.7 Å². The molecule has 0 aliphatic heterocycles. The lowest BCUT2D eigenvalue weighted by molar-refractivity contribution is 0.0697. The Morgan fingerprint density at radius 3 is 2.63 bits per heavy atom. The highest BCUT2D eigenvalue weighted by Gasteiger charge is 2.15. The summed E-state index contributed by atoms with van der Waals surface area (Å²) in [6.45, 7) is 0. The highest BCUT2D eigenvalue weighted by atomic mass is 19.1. The molecule has 0 unspecified atom stereocenters. The molecule has 0 heterocycles. The molecule has 0 spiro atoms. The van der Waals surface area contributed by atoms with Crippen molar-refractivity contribution in [2.45, 2.75) is 0 Å². The third-order valence-electron chi connectivity index (χ3n) is 2.81. The monoisotopic (exact) mass is 260 g/mol. The zero-order valence-electron chi connectivity index (χ0n) is 10.3. The van der Waals surface area contributed by atoms with Crippen LogP contribution in [0.5, 0.6) is 0 Å². The van der Waals surface area contributed by atoms with Gasteiger partial charge in [0, 0.05) is 18.4 Å². The third kappa shape index (κ3) is 2.65. The van der Waals surface area contributed by atoms with Crippen molar-refractivity contribution in [2.24, 2.45) is 0 Å². The summed E-state index contributed by atoms with van der Waals surface area (Å²) in [5, 5.41) is 9.17. The van der Waals surface area contributed by atoms with Gasteiger partial charge in [0.15, 0.2) is 0 Å². The van der Waals surface area contributed by atoms with E-state index in [0.29, 0.717) is 17.1 Å². The molecule has 0 amide bonds. The average molecular weight is 260 g/mol. The number of hydrogen-bond donors (Lipinski definition) is 2. The molecule has 0 aliphatic carbocycles.